The minimum absolute atomic E-state index is 0.0444. The summed E-state index contributed by atoms with van der Waals surface area (Å²) >= 11 is 0. The second-order valence-corrected chi connectivity index (χ2v) is 4.88. The highest BCUT2D eigenvalue weighted by Crippen LogP contribution is 2.24. The molecule has 0 unspecified atom stereocenters. The van der Waals surface area contributed by atoms with Crippen LogP contribution >= 0.6 is 0 Å². The lowest BCUT2D eigenvalue weighted by atomic mass is 10.2. The number of nitrogens with one attached hydrogen (secondary N) is 1. The molecule has 0 bridgehead atoms. The van der Waals surface area contributed by atoms with E-state index in [-0.39, 0.29) is 22.7 Å². The van der Waals surface area contributed by atoms with Gasteiger partial charge in [-0.05, 0) is 13.0 Å². The van der Waals surface area contributed by atoms with Gasteiger partial charge in [-0.2, -0.15) is 9.98 Å². The molecule has 0 fully saturated rings. The predicted molar refractivity (Wildman–Crippen MR) is 58.6 cm³/mol. The van der Waals surface area contributed by atoms with E-state index >= 15 is 0 Å². The van der Waals surface area contributed by atoms with Crippen LogP contribution in [0, 0.1) is 28.4 Å². The van der Waals surface area contributed by atoms with Crippen LogP contribution in [0.1, 0.15) is 5.56 Å². The van der Waals surface area contributed by atoms with Crippen molar-refractivity contribution in [1.29, 1.82) is 5.26 Å². The largest absolute Gasteiger partial charge is 0.273 e. The molecule has 0 radical (unpaired) electrons. The number of nitrogens with zero attached hydrogens (tertiary/aromatic N) is 2. The second kappa shape index (κ2) is 4.90. The minimum Gasteiger partial charge on any atom is -0.258 e. The van der Waals surface area contributed by atoms with Crippen molar-refractivity contribution in [2.75, 3.05) is 6.54 Å². The van der Waals surface area contributed by atoms with Crippen molar-refractivity contribution in [2.24, 2.45) is 0 Å². The molecule has 0 atom stereocenters. The number of benzene rings is 1. The van der Waals surface area contributed by atoms with E-state index in [4.69, 9.17) is 5.26 Å². The molecule has 1 aromatic rings. The third-order valence-electron chi connectivity index (χ3n) is 2.08. The zero-order valence-electron chi connectivity index (χ0n) is 8.87. The quantitative estimate of drug-likeness (QED) is 0.483. The molecule has 0 saturated carbocycles. The summed E-state index contributed by atoms with van der Waals surface area (Å²) in [6, 6.07) is 5.38. The first-order valence-corrected chi connectivity index (χ1v) is 5.99. The molecule has 0 amide bonds. The van der Waals surface area contributed by atoms with Crippen molar-refractivity contribution in [3.05, 3.63) is 33.9 Å². The van der Waals surface area contributed by atoms with Crippen LogP contribution in [0.4, 0.5) is 5.69 Å². The van der Waals surface area contributed by atoms with Gasteiger partial charge in [0.2, 0.25) is 10.0 Å². The number of rotatable bonds is 4. The molecule has 0 aliphatic rings. The highest BCUT2D eigenvalue weighted by molar-refractivity contribution is 7.89. The molecular formula is C9H9N3O4S. The van der Waals surface area contributed by atoms with Crippen molar-refractivity contribution in [1.82, 2.24) is 4.72 Å². The average molecular weight is 255 g/mol. The maximum Gasteiger partial charge on any atom is 0.273 e. The molecule has 1 rings (SSSR count). The van der Waals surface area contributed by atoms with Crippen molar-refractivity contribution < 1.29 is 13.3 Å². The Labute approximate surface area is 97.9 Å². The molecule has 90 valence electrons. The van der Waals surface area contributed by atoms with Crippen LogP contribution in [0.3, 0.4) is 0 Å². The van der Waals surface area contributed by atoms with Crippen molar-refractivity contribution in [3.8, 4) is 6.07 Å². The lowest BCUT2D eigenvalue weighted by Gasteiger charge is -2.06. The van der Waals surface area contributed by atoms with Gasteiger partial charge in [0, 0.05) is 11.6 Å². The minimum atomic E-state index is -3.89. The first kappa shape index (κ1) is 13.1. The van der Waals surface area contributed by atoms with Crippen LogP contribution in [-0.4, -0.2) is 19.9 Å². The molecule has 0 aliphatic carbocycles. The van der Waals surface area contributed by atoms with Gasteiger partial charge >= 0.3 is 0 Å². The first-order valence-electron chi connectivity index (χ1n) is 4.51. The molecule has 1 N–H and O–H groups in total. The smallest absolute Gasteiger partial charge is 0.258 e. The summed E-state index contributed by atoms with van der Waals surface area (Å²) in [6.07, 6.45) is 0. The molecule has 0 aliphatic heterocycles. The summed E-state index contributed by atoms with van der Waals surface area (Å²) in [4.78, 5) is 9.81. The molecule has 1 aromatic carbocycles. The van der Waals surface area contributed by atoms with Crippen LogP contribution in [0.5, 0.6) is 0 Å². The molecule has 0 saturated heterocycles. The number of sulfonamides is 1. The first-order chi connectivity index (χ1) is 7.90. The Balaban J connectivity index is 3.29. The van der Waals surface area contributed by atoms with Gasteiger partial charge in [-0.1, -0.05) is 6.07 Å². The molecule has 8 heteroatoms. The maximum absolute atomic E-state index is 11.7. The van der Waals surface area contributed by atoms with E-state index in [1.54, 1.807) is 6.07 Å². The fraction of sp³-hybridized carbons (Fsp3) is 0.222. The fourth-order valence-electron chi connectivity index (χ4n) is 1.30. The highest BCUT2D eigenvalue weighted by Gasteiger charge is 2.22. The lowest BCUT2D eigenvalue weighted by Crippen LogP contribution is -2.24. The van der Waals surface area contributed by atoms with Crippen molar-refractivity contribution >= 4 is 15.7 Å². The molecule has 0 aromatic heterocycles. The zero-order chi connectivity index (χ0) is 13.1. The monoisotopic (exact) mass is 255 g/mol. The van der Waals surface area contributed by atoms with Gasteiger partial charge < -0.3 is 0 Å². The van der Waals surface area contributed by atoms with E-state index < -0.39 is 14.9 Å². The highest BCUT2D eigenvalue weighted by atomic mass is 32.2. The molecule has 0 spiro atoms. The Morgan fingerprint density at radius 2 is 2.18 bits per heavy atom. The number of nitriles is 1. The summed E-state index contributed by atoms with van der Waals surface area (Å²) in [5.74, 6) is 0. The Morgan fingerprint density at radius 1 is 1.53 bits per heavy atom. The Morgan fingerprint density at radius 3 is 2.71 bits per heavy atom. The van der Waals surface area contributed by atoms with Gasteiger partial charge in [-0.15, -0.1) is 0 Å². The van der Waals surface area contributed by atoms with Crippen molar-refractivity contribution in [2.45, 2.75) is 11.8 Å². The van der Waals surface area contributed by atoms with E-state index in [0.29, 0.717) is 0 Å². The second-order valence-electron chi connectivity index (χ2n) is 3.14. The summed E-state index contributed by atoms with van der Waals surface area (Å²) in [7, 11) is -3.89. The zero-order valence-corrected chi connectivity index (χ0v) is 9.69. The van der Waals surface area contributed by atoms with Crippen LogP contribution in [-0.2, 0) is 10.0 Å². The third-order valence-corrected chi connectivity index (χ3v) is 3.63. The maximum atomic E-state index is 11.7. The Bertz CT molecular complexity index is 589. The standard InChI is InChI=1S/C9H9N3O4S/c1-7-8(12(13)14)3-2-4-9(7)17(15,16)11-6-5-10/h2-4,11H,6H2,1H3. The van der Waals surface area contributed by atoms with Crippen LogP contribution < -0.4 is 4.72 Å². The van der Waals surface area contributed by atoms with Gasteiger partial charge in [0.15, 0.2) is 0 Å². The average Bonchev–Trinajstić information content (AvgIpc) is 2.26. The van der Waals surface area contributed by atoms with Gasteiger partial charge in [-0.25, -0.2) is 8.42 Å². The number of nitro benzene ring substituents is 1. The van der Waals surface area contributed by atoms with Gasteiger partial charge in [0.1, 0.15) is 0 Å². The fourth-order valence-corrected chi connectivity index (χ4v) is 2.47. The van der Waals surface area contributed by atoms with E-state index in [9.17, 15) is 18.5 Å². The van der Waals surface area contributed by atoms with Gasteiger partial charge in [-0.3, -0.25) is 10.1 Å². The molecule has 0 heterocycles. The SMILES string of the molecule is Cc1c([N+](=O)[O-])cccc1S(=O)(=O)NCC#N. The van der Waals surface area contributed by atoms with Crippen LogP contribution in [0.2, 0.25) is 0 Å². The Hall–Kier alpha value is -1.98. The van der Waals surface area contributed by atoms with Crippen LogP contribution in [0.25, 0.3) is 0 Å². The van der Waals surface area contributed by atoms with E-state index in [1.807, 2.05) is 4.72 Å². The normalized spacial score (nSPS) is 10.8. The van der Waals surface area contributed by atoms with Gasteiger partial charge in [0.25, 0.3) is 5.69 Å². The third kappa shape index (κ3) is 2.77. The topological polar surface area (TPSA) is 113 Å². The summed E-state index contributed by atoms with van der Waals surface area (Å²) in [5.41, 5.74) is -0.229. The number of nitro groups is 1. The summed E-state index contributed by atoms with van der Waals surface area (Å²) < 4.78 is 25.4. The molecule has 17 heavy (non-hydrogen) atoms. The van der Waals surface area contributed by atoms with E-state index in [2.05, 4.69) is 0 Å². The van der Waals surface area contributed by atoms with Crippen molar-refractivity contribution in [3.63, 3.8) is 0 Å². The number of hydrogen-bond donors (Lipinski definition) is 1. The number of hydrogen-bond acceptors (Lipinski definition) is 5. The van der Waals surface area contributed by atoms with Crippen LogP contribution in [0.15, 0.2) is 23.1 Å². The predicted octanol–water partition coefficient (Wildman–Crippen LogP) is 0.705. The Kier molecular flexibility index (Phi) is 3.77. The summed E-state index contributed by atoms with van der Waals surface area (Å²) in [5, 5.41) is 19.0. The van der Waals surface area contributed by atoms with Gasteiger partial charge in [0.05, 0.1) is 22.4 Å². The van der Waals surface area contributed by atoms with E-state index in [0.717, 1.165) is 0 Å². The molecule has 7 nitrogen and oxygen atoms in total. The van der Waals surface area contributed by atoms with E-state index in [1.165, 1.54) is 25.1 Å². The molecular weight excluding hydrogens is 246 g/mol. The lowest BCUT2D eigenvalue weighted by molar-refractivity contribution is -0.385. The summed E-state index contributed by atoms with van der Waals surface area (Å²) in [6.45, 7) is 0.962.